The second-order valence-electron chi connectivity index (χ2n) is 7.86. The van der Waals surface area contributed by atoms with Crippen LogP contribution in [-0.2, 0) is 11.3 Å². The predicted octanol–water partition coefficient (Wildman–Crippen LogP) is 3.19. The second kappa shape index (κ2) is 6.73. The van der Waals surface area contributed by atoms with Crippen LogP contribution in [0.25, 0.3) is 22.1 Å². The average Bonchev–Trinajstić information content (AvgIpc) is 3.64. The van der Waals surface area contributed by atoms with E-state index in [0.717, 1.165) is 36.6 Å². The summed E-state index contributed by atoms with van der Waals surface area (Å²) in [5.41, 5.74) is 3.55. The lowest BCUT2D eigenvalue weighted by Gasteiger charge is -2.23. The van der Waals surface area contributed by atoms with Crippen LogP contribution < -0.4 is 5.32 Å². The second-order valence-corrected chi connectivity index (χ2v) is 8.13. The van der Waals surface area contributed by atoms with E-state index in [0.29, 0.717) is 46.8 Å². The number of H-pyrrole nitrogens is 1. The van der Waals surface area contributed by atoms with Crippen molar-refractivity contribution < 1.29 is 9.59 Å². The number of imidazole rings is 1. The number of anilines is 1. The van der Waals surface area contributed by atoms with Crippen LogP contribution >= 0.6 is 11.6 Å². The van der Waals surface area contributed by atoms with E-state index in [2.05, 4.69) is 20.2 Å². The number of aromatic nitrogens is 4. The zero-order chi connectivity index (χ0) is 20.3. The number of hydrogen-bond donors (Lipinski definition) is 2. The number of carbonyl (C=O) groups excluding carboxylic acids is 2. The molecule has 0 radical (unpaired) electrons. The molecule has 9 heteroatoms. The molecule has 8 nitrogen and oxygen atoms in total. The molecule has 0 bridgehead atoms. The Hall–Kier alpha value is -2.61. The number of carbonyl (C=O) groups is 2. The lowest BCUT2D eigenvalue weighted by Crippen LogP contribution is -2.36. The standard InChI is InChI=1S/C20H23ClN6O2/c1-3-26-17(20(29)27(11-4-5-11)12-6-7-12)10(2)14-15-16(23-9-22-15)18(25-19(14)26)24-13(28)8-21/h9,11-12H,3-8H2,1-2H3,(H,22,23)(H,24,25,28). The maximum atomic E-state index is 13.6. The van der Waals surface area contributed by atoms with Gasteiger partial charge in [0.15, 0.2) is 5.82 Å². The molecule has 0 aliphatic heterocycles. The number of aryl methyl sites for hydroxylation is 2. The van der Waals surface area contributed by atoms with E-state index in [9.17, 15) is 9.59 Å². The first kappa shape index (κ1) is 18.4. The number of amides is 2. The minimum Gasteiger partial charge on any atom is -0.342 e. The molecule has 0 spiro atoms. The normalized spacial score (nSPS) is 16.5. The van der Waals surface area contributed by atoms with Crippen LogP contribution in [0.15, 0.2) is 6.33 Å². The maximum Gasteiger partial charge on any atom is 0.271 e. The molecule has 2 amide bonds. The summed E-state index contributed by atoms with van der Waals surface area (Å²) >= 11 is 5.66. The monoisotopic (exact) mass is 414 g/mol. The highest BCUT2D eigenvalue weighted by Gasteiger charge is 2.43. The molecule has 29 heavy (non-hydrogen) atoms. The fraction of sp³-hybridized carbons (Fsp3) is 0.500. The Morgan fingerprint density at radius 2 is 2.00 bits per heavy atom. The van der Waals surface area contributed by atoms with Crippen molar-refractivity contribution in [3.63, 3.8) is 0 Å². The van der Waals surface area contributed by atoms with Gasteiger partial charge in [-0.15, -0.1) is 11.6 Å². The molecule has 0 unspecified atom stereocenters. The van der Waals surface area contributed by atoms with Gasteiger partial charge in [-0.3, -0.25) is 9.59 Å². The van der Waals surface area contributed by atoms with Crippen molar-refractivity contribution in [2.45, 2.75) is 58.2 Å². The number of rotatable bonds is 6. The maximum absolute atomic E-state index is 13.6. The lowest BCUT2D eigenvalue weighted by molar-refractivity contribution is -0.113. The van der Waals surface area contributed by atoms with E-state index >= 15 is 0 Å². The molecule has 2 N–H and O–H groups in total. The van der Waals surface area contributed by atoms with Gasteiger partial charge >= 0.3 is 0 Å². The number of hydrogen-bond acceptors (Lipinski definition) is 4. The van der Waals surface area contributed by atoms with Crippen molar-refractivity contribution in [1.82, 2.24) is 24.4 Å². The van der Waals surface area contributed by atoms with Crippen LogP contribution in [0.1, 0.15) is 48.7 Å². The number of nitrogens with zero attached hydrogens (tertiary/aromatic N) is 4. The quantitative estimate of drug-likeness (QED) is 0.605. The molecule has 2 saturated carbocycles. The van der Waals surface area contributed by atoms with Crippen molar-refractivity contribution in [3.8, 4) is 0 Å². The summed E-state index contributed by atoms with van der Waals surface area (Å²) in [6.45, 7) is 4.56. The van der Waals surface area contributed by atoms with Gasteiger partial charge in [0.1, 0.15) is 28.3 Å². The summed E-state index contributed by atoms with van der Waals surface area (Å²) in [6.07, 6.45) is 5.93. The summed E-state index contributed by atoms with van der Waals surface area (Å²) in [7, 11) is 0. The Labute approximate surface area is 172 Å². The smallest absolute Gasteiger partial charge is 0.271 e. The third-order valence-electron chi connectivity index (χ3n) is 5.82. The van der Waals surface area contributed by atoms with Crippen molar-refractivity contribution in [3.05, 3.63) is 17.6 Å². The molecule has 3 aromatic rings. The van der Waals surface area contributed by atoms with Crippen molar-refractivity contribution in [2.24, 2.45) is 0 Å². The van der Waals surface area contributed by atoms with E-state index in [4.69, 9.17) is 16.6 Å². The molecule has 0 aromatic carbocycles. The van der Waals surface area contributed by atoms with E-state index in [1.54, 1.807) is 6.33 Å². The summed E-state index contributed by atoms with van der Waals surface area (Å²) in [4.78, 5) is 39.8. The molecule has 3 heterocycles. The Bertz CT molecular complexity index is 1130. The Balaban J connectivity index is 1.72. The largest absolute Gasteiger partial charge is 0.342 e. The van der Waals surface area contributed by atoms with E-state index in [1.807, 2.05) is 18.4 Å². The highest BCUT2D eigenvalue weighted by Crippen LogP contribution is 2.40. The minimum absolute atomic E-state index is 0.0855. The molecule has 0 atom stereocenters. The number of halogens is 1. The van der Waals surface area contributed by atoms with Crippen LogP contribution in [-0.4, -0.2) is 54.2 Å². The lowest BCUT2D eigenvalue weighted by atomic mass is 10.1. The van der Waals surface area contributed by atoms with Crippen LogP contribution in [0.2, 0.25) is 0 Å². The first-order valence-corrected chi connectivity index (χ1v) is 10.6. The Kier molecular flexibility index (Phi) is 4.27. The number of nitrogens with one attached hydrogen (secondary N) is 2. The molecular formula is C20H23ClN6O2. The summed E-state index contributed by atoms with van der Waals surface area (Å²) in [5.74, 6) is -0.0406. The van der Waals surface area contributed by atoms with E-state index < -0.39 is 0 Å². The van der Waals surface area contributed by atoms with Gasteiger partial charge in [-0.2, -0.15) is 0 Å². The summed E-state index contributed by atoms with van der Waals surface area (Å²) < 4.78 is 1.95. The zero-order valence-electron chi connectivity index (χ0n) is 16.5. The molecule has 2 aliphatic rings. The zero-order valence-corrected chi connectivity index (χ0v) is 17.2. The van der Waals surface area contributed by atoms with Crippen LogP contribution in [0, 0.1) is 6.92 Å². The molecule has 3 aromatic heterocycles. The fourth-order valence-electron chi connectivity index (χ4n) is 4.25. The van der Waals surface area contributed by atoms with Crippen molar-refractivity contribution in [1.29, 1.82) is 0 Å². The van der Waals surface area contributed by atoms with Gasteiger partial charge in [-0.1, -0.05) is 0 Å². The number of pyridine rings is 1. The van der Waals surface area contributed by atoms with Gasteiger partial charge in [0.2, 0.25) is 5.91 Å². The predicted molar refractivity (Wildman–Crippen MR) is 111 cm³/mol. The van der Waals surface area contributed by atoms with Crippen LogP contribution in [0.4, 0.5) is 5.82 Å². The topological polar surface area (TPSA) is 95.9 Å². The molecule has 0 saturated heterocycles. The van der Waals surface area contributed by atoms with Gasteiger partial charge in [-0.05, 0) is 45.1 Å². The highest BCUT2D eigenvalue weighted by atomic mass is 35.5. The molecule has 5 rings (SSSR count). The molecule has 2 fully saturated rings. The first-order chi connectivity index (χ1) is 14.0. The highest BCUT2D eigenvalue weighted by molar-refractivity contribution is 6.29. The number of alkyl halides is 1. The first-order valence-electron chi connectivity index (χ1n) is 10.1. The van der Waals surface area contributed by atoms with Gasteiger partial charge < -0.3 is 19.8 Å². The van der Waals surface area contributed by atoms with E-state index in [1.165, 1.54) is 0 Å². The number of aromatic amines is 1. The minimum atomic E-state index is -0.342. The molecule has 2 aliphatic carbocycles. The average molecular weight is 415 g/mol. The van der Waals surface area contributed by atoms with Gasteiger partial charge in [-0.25, -0.2) is 9.97 Å². The van der Waals surface area contributed by atoms with Crippen molar-refractivity contribution >= 4 is 51.3 Å². The van der Waals surface area contributed by atoms with Crippen LogP contribution in [0.5, 0.6) is 0 Å². The number of fused-ring (bicyclic) bond motifs is 3. The Morgan fingerprint density at radius 3 is 2.59 bits per heavy atom. The van der Waals surface area contributed by atoms with Gasteiger partial charge in [0, 0.05) is 18.6 Å². The molecular weight excluding hydrogens is 392 g/mol. The third kappa shape index (κ3) is 2.88. The van der Waals surface area contributed by atoms with Gasteiger partial charge in [0.25, 0.3) is 5.91 Å². The Morgan fingerprint density at radius 1 is 1.31 bits per heavy atom. The van der Waals surface area contributed by atoms with Gasteiger partial charge in [0.05, 0.1) is 11.7 Å². The molecule has 152 valence electrons. The third-order valence-corrected chi connectivity index (χ3v) is 6.07. The van der Waals surface area contributed by atoms with E-state index in [-0.39, 0.29) is 17.7 Å². The summed E-state index contributed by atoms with van der Waals surface area (Å²) in [5, 5.41) is 3.59. The SMILES string of the molecule is CCn1c(C(=O)N(C2CC2)C2CC2)c(C)c2c3nc[nH]c3c(NC(=O)CCl)nc21. The van der Waals surface area contributed by atoms with Crippen LogP contribution in [0.3, 0.4) is 0 Å². The van der Waals surface area contributed by atoms with Crippen molar-refractivity contribution in [2.75, 3.05) is 11.2 Å². The summed E-state index contributed by atoms with van der Waals surface area (Å²) in [6, 6.07) is 0.740. The fourth-order valence-corrected chi connectivity index (χ4v) is 4.32.